The molecule has 3 aromatic rings. The first kappa shape index (κ1) is 22.9. The van der Waals surface area contributed by atoms with Gasteiger partial charge in [-0.15, -0.1) is 0 Å². The second-order valence-corrected chi connectivity index (χ2v) is 9.99. The van der Waals surface area contributed by atoms with Crippen molar-refractivity contribution in [3.63, 3.8) is 0 Å². The average molecular weight is 511 g/mol. The molecule has 2 aromatic heterocycles. The molecule has 0 atom stereocenters. The average Bonchev–Trinajstić information content (AvgIpc) is 3.63. The Labute approximate surface area is 211 Å². The Balaban J connectivity index is 1.27. The van der Waals surface area contributed by atoms with Crippen LogP contribution in [-0.2, 0) is 15.0 Å². The largest absolute Gasteiger partial charge is 0.341 e. The van der Waals surface area contributed by atoms with Gasteiger partial charge in [0, 0.05) is 31.7 Å². The summed E-state index contributed by atoms with van der Waals surface area (Å²) in [6.07, 6.45) is 4.00. The number of hydrogen-bond donors (Lipinski definition) is 1. The van der Waals surface area contributed by atoms with Crippen LogP contribution in [0.15, 0.2) is 30.5 Å². The Hall–Kier alpha value is -3.53. The lowest BCUT2D eigenvalue weighted by Gasteiger charge is -2.38. The molecular formula is C25H24ClFN6O3. The number of fused-ring (bicyclic) bond motifs is 3. The molecule has 6 rings (SSSR count). The van der Waals surface area contributed by atoms with Crippen LogP contribution in [0.3, 0.4) is 0 Å². The highest BCUT2D eigenvalue weighted by Crippen LogP contribution is 2.51. The van der Waals surface area contributed by atoms with E-state index in [0.29, 0.717) is 35.6 Å². The van der Waals surface area contributed by atoms with Gasteiger partial charge >= 0.3 is 0 Å². The van der Waals surface area contributed by atoms with Crippen LogP contribution in [0.25, 0.3) is 11.0 Å². The molecule has 3 aliphatic heterocycles. The van der Waals surface area contributed by atoms with Gasteiger partial charge in [0.2, 0.25) is 11.8 Å². The Morgan fingerprint density at radius 2 is 1.81 bits per heavy atom. The molecule has 3 amide bonds. The molecular weight excluding hydrogens is 487 g/mol. The zero-order valence-corrected chi connectivity index (χ0v) is 20.2. The molecule has 1 spiro atoms. The fourth-order valence-electron chi connectivity index (χ4n) is 5.72. The first-order valence-electron chi connectivity index (χ1n) is 12.1. The van der Waals surface area contributed by atoms with E-state index < -0.39 is 11.2 Å². The molecule has 1 N–H and O–H groups in total. The smallest absolute Gasteiger partial charge is 0.272 e. The molecule has 3 aliphatic rings. The summed E-state index contributed by atoms with van der Waals surface area (Å²) in [5.74, 6) is -1.24. The SMILES string of the molecule is O=C(CN1C(=O)C2(CCN(C(=O)c3ccc4[nH]ncc4n3)CC2)c2c1ccc(F)c2Cl)N1CCCC1. The summed E-state index contributed by atoms with van der Waals surface area (Å²) in [7, 11) is 0. The van der Waals surface area contributed by atoms with E-state index in [4.69, 9.17) is 11.6 Å². The maximum absolute atomic E-state index is 14.6. The van der Waals surface area contributed by atoms with Gasteiger partial charge in [0.1, 0.15) is 23.6 Å². The number of benzene rings is 1. The van der Waals surface area contributed by atoms with Crippen LogP contribution in [0.2, 0.25) is 5.02 Å². The number of carbonyl (C=O) groups excluding carboxylic acids is 3. The maximum atomic E-state index is 14.6. The zero-order chi connectivity index (χ0) is 25.0. The number of hydrogen-bond acceptors (Lipinski definition) is 5. The number of H-pyrrole nitrogens is 1. The minimum Gasteiger partial charge on any atom is -0.341 e. The topological polar surface area (TPSA) is 102 Å². The summed E-state index contributed by atoms with van der Waals surface area (Å²) < 4.78 is 14.6. The molecule has 2 saturated heterocycles. The van der Waals surface area contributed by atoms with Crippen molar-refractivity contribution < 1.29 is 18.8 Å². The Kier molecular flexibility index (Phi) is 5.44. The van der Waals surface area contributed by atoms with Crippen molar-refractivity contribution in [3.8, 4) is 0 Å². The van der Waals surface area contributed by atoms with Crippen LogP contribution in [0.5, 0.6) is 0 Å². The number of aromatic amines is 1. The first-order chi connectivity index (χ1) is 17.4. The van der Waals surface area contributed by atoms with Crippen LogP contribution >= 0.6 is 11.6 Å². The van der Waals surface area contributed by atoms with E-state index in [9.17, 15) is 18.8 Å². The molecule has 186 valence electrons. The second-order valence-electron chi connectivity index (χ2n) is 9.61. The van der Waals surface area contributed by atoms with Gasteiger partial charge in [0.15, 0.2) is 0 Å². The molecule has 1 aromatic carbocycles. The highest BCUT2D eigenvalue weighted by atomic mass is 35.5. The van der Waals surface area contributed by atoms with Crippen LogP contribution in [-0.4, -0.2) is 75.4 Å². The third kappa shape index (κ3) is 3.46. The van der Waals surface area contributed by atoms with Gasteiger partial charge in [-0.3, -0.25) is 19.5 Å². The number of rotatable bonds is 3. The number of pyridine rings is 1. The normalized spacial score (nSPS) is 18.9. The zero-order valence-electron chi connectivity index (χ0n) is 19.5. The van der Waals surface area contributed by atoms with Crippen molar-refractivity contribution in [1.82, 2.24) is 25.0 Å². The number of halogens is 2. The number of carbonyl (C=O) groups is 3. The fraction of sp³-hybridized carbons (Fsp3) is 0.400. The lowest BCUT2D eigenvalue weighted by molar-refractivity contribution is -0.131. The van der Waals surface area contributed by atoms with E-state index >= 15 is 0 Å². The van der Waals surface area contributed by atoms with Crippen molar-refractivity contribution in [2.75, 3.05) is 37.6 Å². The summed E-state index contributed by atoms with van der Waals surface area (Å²) >= 11 is 6.45. The highest BCUT2D eigenvalue weighted by molar-refractivity contribution is 6.33. The molecule has 0 unspecified atom stereocenters. The minimum absolute atomic E-state index is 0.0937. The van der Waals surface area contributed by atoms with Gasteiger partial charge in [-0.2, -0.15) is 5.10 Å². The number of likely N-dealkylation sites (tertiary alicyclic amines) is 2. The Morgan fingerprint density at radius 1 is 1.06 bits per heavy atom. The molecule has 9 nitrogen and oxygen atoms in total. The number of nitrogens with zero attached hydrogens (tertiary/aromatic N) is 5. The van der Waals surface area contributed by atoms with Crippen molar-refractivity contribution in [2.24, 2.45) is 0 Å². The predicted molar refractivity (Wildman–Crippen MR) is 130 cm³/mol. The summed E-state index contributed by atoms with van der Waals surface area (Å²) in [5, 5.41) is 6.65. The summed E-state index contributed by atoms with van der Waals surface area (Å²) in [6, 6.07) is 6.16. The molecule has 5 heterocycles. The van der Waals surface area contributed by atoms with Crippen molar-refractivity contribution in [1.29, 1.82) is 0 Å². The highest BCUT2D eigenvalue weighted by Gasteiger charge is 2.54. The van der Waals surface area contributed by atoms with E-state index in [-0.39, 0.29) is 55.2 Å². The lowest BCUT2D eigenvalue weighted by Crippen LogP contribution is -2.51. The summed E-state index contributed by atoms with van der Waals surface area (Å²) in [5.41, 5.74) is 1.44. The van der Waals surface area contributed by atoms with Crippen LogP contribution in [0, 0.1) is 5.82 Å². The van der Waals surface area contributed by atoms with Gasteiger partial charge in [-0.1, -0.05) is 11.6 Å². The number of piperidine rings is 1. The van der Waals surface area contributed by atoms with E-state index in [2.05, 4.69) is 15.2 Å². The van der Waals surface area contributed by atoms with Crippen LogP contribution in [0.1, 0.15) is 41.7 Å². The standard InChI is InChI=1S/C25H24ClFN6O3/c26-22-15(27)3-6-19-21(22)25(24(36)33(19)14-20(34)31-9-1-2-10-31)7-11-32(12-8-25)23(35)17-5-4-16-18(29-17)13-28-30-16/h3-6,13H,1-2,7-12,14H2,(H,28,30). The monoisotopic (exact) mass is 510 g/mol. The van der Waals surface area contributed by atoms with Crippen molar-refractivity contribution in [2.45, 2.75) is 31.1 Å². The summed E-state index contributed by atoms with van der Waals surface area (Å²) in [4.78, 5) is 49.2. The molecule has 2 fully saturated rings. The van der Waals surface area contributed by atoms with Crippen LogP contribution < -0.4 is 4.90 Å². The molecule has 0 radical (unpaired) electrons. The van der Waals surface area contributed by atoms with Crippen molar-refractivity contribution in [3.05, 3.63) is 52.6 Å². The summed E-state index contributed by atoms with van der Waals surface area (Å²) in [6.45, 7) is 1.80. The molecule has 0 aliphatic carbocycles. The van der Waals surface area contributed by atoms with E-state index in [1.54, 1.807) is 28.1 Å². The van der Waals surface area contributed by atoms with E-state index in [1.165, 1.54) is 17.0 Å². The van der Waals surface area contributed by atoms with E-state index in [0.717, 1.165) is 18.4 Å². The first-order valence-corrected chi connectivity index (χ1v) is 12.4. The quantitative estimate of drug-likeness (QED) is 0.583. The second kappa shape index (κ2) is 8.55. The molecule has 0 bridgehead atoms. The van der Waals surface area contributed by atoms with Gasteiger partial charge < -0.3 is 14.7 Å². The Morgan fingerprint density at radius 3 is 2.56 bits per heavy atom. The van der Waals surface area contributed by atoms with Gasteiger partial charge in [-0.05, 0) is 49.9 Å². The third-order valence-corrected chi connectivity index (χ3v) is 8.04. The van der Waals surface area contributed by atoms with Gasteiger partial charge in [0.25, 0.3) is 5.91 Å². The minimum atomic E-state index is -1.08. The number of aromatic nitrogens is 3. The number of anilines is 1. The van der Waals surface area contributed by atoms with E-state index in [1.807, 2.05) is 0 Å². The number of amides is 3. The Bertz CT molecular complexity index is 1390. The molecule has 0 saturated carbocycles. The number of nitrogens with one attached hydrogen (secondary N) is 1. The lowest BCUT2D eigenvalue weighted by atomic mass is 9.73. The maximum Gasteiger partial charge on any atom is 0.272 e. The van der Waals surface area contributed by atoms with Gasteiger partial charge in [0.05, 0.1) is 27.8 Å². The molecule has 11 heteroatoms. The van der Waals surface area contributed by atoms with Gasteiger partial charge in [-0.25, -0.2) is 9.37 Å². The predicted octanol–water partition coefficient (Wildman–Crippen LogP) is 2.89. The molecule has 36 heavy (non-hydrogen) atoms. The third-order valence-electron chi connectivity index (χ3n) is 7.67. The van der Waals surface area contributed by atoms with Crippen molar-refractivity contribution >= 4 is 46.0 Å². The fourth-order valence-corrected chi connectivity index (χ4v) is 6.06. The van der Waals surface area contributed by atoms with Crippen LogP contribution in [0.4, 0.5) is 10.1 Å².